The second-order valence-corrected chi connectivity index (χ2v) is 3.27. The van der Waals surface area contributed by atoms with E-state index in [1.165, 1.54) is 7.11 Å². The van der Waals surface area contributed by atoms with E-state index in [0.717, 1.165) is 0 Å². The van der Waals surface area contributed by atoms with Gasteiger partial charge in [-0.2, -0.15) is 0 Å². The highest BCUT2D eigenvalue weighted by molar-refractivity contribution is 6.43. The molecule has 1 aromatic rings. The van der Waals surface area contributed by atoms with Crippen molar-refractivity contribution in [3.05, 3.63) is 21.4 Å². The fourth-order valence-electron chi connectivity index (χ4n) is 0.961. The Labute approximate surface area is 90.4 Å². The number of rotatable bonds is 2. The molecule has 76 valence electrons. The van der Waals surface area contributed by atoms with Crippen LogP contribution in [0.5, 0.6) is 5.75 Å². The van der Waals surface area contributed by atoms with Gasteiger partial charge >= 0.3 is 5.97 Å². The van der Waals surface area contributed by atoms with Gasteiger partial charge in [-0.1, -0.05) is 23.2 Å². The molecule has 0 bridgehead atoms. The summed E-state index contributed by atoms with van der Waals surface area (Å²) < 4.78 is 4.81. The van der Waals surface area contributed by atoms with Gasteiger partial charge in [0.15, 0.2) is 11.4 Å². The van der Waals surface area contributed by atoms with Crippen LogP contribution in [0.2, 0.25) is 10.0 Å². The summed E-state index contributed by atoms with van der Waals surface area (Å²) in [6.07, 6.45) is 0. The first-order valence-electron chi connectivity index (χ1n) is 3.62. The molecule has 0 aliphatic rings. The molecule has 6 heteroatoms. The van der Waals surface area contributed by atoms with E-state index in [9.17, 15) is 4.79 Å². The highest BCUT2D eigenvalue weighted by Crippen LogP contribution is 2.35. The van der Waals surface area contributed by atoms with E-state index in [1.54, 1.807) is 6.92 Å². The number of aryl methyl sites for hydroxylation is 1. The highest BCUT2D eigenvalue weighted by atomic mass is 35.5. The van der Waals surface area contributed by atoms with E-state index in [2.05, 4.69) is 4.98 Å². The van der Waals surface area contributed by atoms with E-state index in [0.29, 0.717) is 5.69 Å². The number of carboxylic acids is 1. The average Bonchev–Trinajstić information content (AvgIpc) is 2.13. The van der Waals surface area contributed by atoms with E-state index in [4.69, 9.17) is 33.0 Å². The topological polar surface area (TPSA) is 59.4 Å². The van der Waals surface area contributed by atoms with Crippen LogP contribution in [0.4, 0.5) is 0 Å². The molecule has 0 aromatic carbocycles. The summed E-state index contributed by atoms with van der Waals surface area (Å²) in [7, 11) is 1.31. The molecule has 0 saturated carbocycles. The molecule has 0 fully saturated rings. The molecule has 0 saturated heterocycles. The van der Waals surface area contributed by atoms with Crippen molar-refractivity contribution in [3.63, 3.8) is 0 Å². The van der Waals surface area contributed by atoms with Gasteiger partial charge in [0.25, 0.3) is 0 Å². The smallest absolute Gasteiger partial charge is 0.358 e. The Kier molecular flexibility index (Phi) is 3.18. The van der Waals surface area contributed by atoms with E-state index in [-0.39, 0.29) is 21.5 Å². The lowest BCUT2D eigenvalue weighted by atomic mass is 10.3. The van der Waals surface area contributed by atoms with Crippen molar-refractivity contribution in [1.82, 2.24) is 4.98 Å². The molecular weight excluding hydrogens is 229 g/mol. The van der Waals surface area contributed by atoms with Gasteiger partial charge < -0.3 is 9.84 Å². The summed E-state index contributed by atoms with van der Waals surface area (Å²) in [5.74, 6) is -1.22. The van der Waals surface area contributed by atoms with Crippen molar-refractivity contribution >= 4 is 29.2 Å². The maximum Gasteiger partial charge on any atom is 0.358 e. The molecule has 14 heavy (non-hydrogen) atoms. The molecular formula is C8H7Cl2NO3. The first kappa shape index (κ1) is 11.1. The number of ether oxygens (including phenoxy) is 1. The molecule has 1 aromatic heterocycles. The maximum atomic E-state index is 10.8. The third kappa shape index (κ3) is 1.76. The Morgan fingerprint density at radius 3 is 2.43 bits per heavy atom. The largest absolute Gasteiger partial charge is 0.493 e. The van der Waals surface area contributed by atoms with E-state index >= 15 is 0 Å². The summed E-state index contributed by atoms with van der Waals surface area (Å²) in [4.78, 5) is 14.5. The van der Waals surface area contributed by atoms with Crippen molar-refractivity contribution in [2.45, 2.75) is 6.92 Å². The quantitative estimate of drug-likeness (QED) is 0.856. The molecule has 1 heterocycles. The molecule has 0 atom stereocenters. The van der Waals surface area contributed by atoms with Crippen LogP contribution in [0, 0.1) is 6.92 Å². The molecule has 0 aliphatic carbocycles. The van der Waals surface area contributed by atoms with Crippen LogP contribution in [0.3, 0.4) is 0 Å². The number of pyridine rings is 1. The molecule has 4 nitrogen and oxygen atoms in total. The molecule has 0 unspecified atom stereocenters. The Bertz CT molecular complexity index is 393. The standard InChI is InChI=1S/C8H7Cl2NO3/c1-3-4(9)5(10)7(14-2)6(11-3)8(12)13/h1-2H3,(H,12,13). The molecule has 0 aliphatic heterocycles. The fourth-order valence-corrected chi connectivity index (χ4v) is 1.39. The summed E-state index contributed by atoms with van der Waals surface area (Å²) >= 11 is 11.6. The number of aromatic carboxylic acids is 1. The first-order valence-corrected chi connectivity index (χ1v) is 4.37. The predicted octanol–water partition coefficient (Wildman–Crippen LogP) is 2.40. The lowest BCUT2D eigenvalue weighted by Gasteiger charge is -2.09. The minimum atomic E-state index is -1.21. The minimum Gasteiger partial charge on any atom is -0.493 e. The second kappa shape index (κ2) is 4.02. The van der Waals surface area contributed by atoms with Crippen molar-refractivity contribution < 1.29 is 14.6 Å². The number of halogens is 2. The van der Waals surface area contributed by atoms with E-state index < -0.39 is 5.97 Å². The van der Waals surface area contributed by atoms with Crippen LogP contribution in [0.1, 0.15) is 16.2 Å². The van der Waals surface area contributed by atoms with Gasteiger partial charge in [-0.15, -0.1) is 0 Å². The summed E-state index contributed by atoms with van der Waals surface area (Å²) in [5.41, 5.74) is 0.120. The van der Waals surface area contributed by atoms with Gasteiger partial charge in [0.1, 0.15) is 5.02 Å². The lowest BCUT2D eigenvalue weighted by Crippen LogP contribution is -2.06. The number of hydrogen-bond acceptors (Lipinski definition) is 3. The number of carbonyl (C=O) groups is 1. The molecule has 0 spiro atoms. The molecule has 1 N–H and O–H groups in total. The first-order chi connectivity index (χ1) is 6.49. The number of aromatic nitrogens is 1. The minimum absolute atomic E-state index is 0.0187. The van der Waals surface area contributed by atoms with Crippen LogP contribution in [-0.2, 0) is 0 Å². The van der Waals surface area contributed by atoms with Gasteiger partial charge in [0, 0.05) is 0 Å². The summed E-state index contributed by atoms with van der Waals surface area (Å²) in [6.45, 7) is 1.57. The maximum absolute atomic E-state index is 10.8. The SMILES string of the molecule is COc1c(C(=O)O)nc(C)c(Cl)c1Cl. The van der Waals surface area contributed by atoms with Crippen molar-refractivity contribution in [1.29, 1.82) is 0 Å². The normalized spacial score (nSPS) is 10.0. The predicted molar refractivity (Wildman–Crippen MR) is 52.5 cm³/mol. The van der Waals surface area contributed by atoms with Crippen LogP contribution in [0.25, 0.3) is 0 Å². The Hall–Kier alpha value is -1.000. The number of hydrogen-bond donors (Lipinski definition) is 1. The monoisotopic (exact) mass is 235 g/mol. The van der Waals surface area contributed by atoms with Crippen LogP contribution >= 0.6 is 23.2 Å². The fraction of sp³-hybridized carbons (Fsp3) is 0.250. The van der Waals surface area contributed by atoms with Gasteiger partial charge in [0.05, 0.1) is 17.8 Å². The zero-order chi connectivity index (χ0) is 10.9. The molecule has 0 radical (unpaired) electrons. The molecule has 0 amide bonds. The van der Waals surface area contributed by atoms with Crippen LogP contribution in [0.15, 0.2) is 0 Å². The Morgan fingerprint density at radius 2 is 2.00 bits per heavy atom. The number of carboxylic acid groups (broad SMARTS) is 1. The van der Waals surface area contributed by atoms with Gasteiger partial charge in [0.2, 0.25) is 0 Å². The average molecular weight is 236 g/mol. The van der Waals surface area contributed by atoms with Crippen molar-refractivity contribution in [3.8, 4) is 5.75 Å². The van der Waals surface area contributed by atoms with Crippen molar-refractivity contribution in [2.75, 3.05) is 7.11 Å². The zero-order valence-corrected chi connectivity index (χ0v) is 8.98. The van der Waals surface area contributed by atoms with E-state index in [1.807, 2.05) is 0 Å². The number of nitrogens with zero attached hydrogens (tertiary/aromatic N) is 1. The Morgan fingerprint density at radius 1 is 1.43 bits per heavy atom. The zero-order valence-electron chi connectivity index (χ0n) is 7.47. The summed E-state index contributed by atoms with van der Waals surface area (Å²) in [5, 5.41) is 9.06. The van der Waals surface area contributed by atoms with Crippen molar-refractivity contribution in [2.24, 2.45) is 0 Å². The highest BCUT2D eigenvalue weighted by Gasteiger charge is 2.20. The van der Waals surface area contributed by atoms with Crippen LogP contribution < -0.4 is 4.74 Å². The summed E-state index contributed by atoms with van der Waals surface area (Å²) in [6, 6.07) is 0. The lowest BCUT2D eigenvalue weighted by molar-refractivity contribution is 0.0686. The number of methoxy groups -OCH3 is 1. The van der Waals surface area contributed by atoms with Gasteiger partial charge in [-0.25, -0.2) is 9.78 Å². The molecule has 1 rings (SSSR count). The second-order valence-electron chi connectivity index (χ2n) is 2.51. The Balaban J connectivity index is 3.51. The van der Waals surface area contributed by atoms with Gasteiger partial charge in [-0.3, -0.25) is 0 Å². The third-order valence-electron chi connectivity index (χ3n) is 1.61. The van der Waals surface area contributed by atoms with Gasteiger partial charge in [-0.05, 0) is 6.92 Å². The third-order valence-corrected chi connectivity index (χ3v) is 2.53. The van der Waals surface area contributed by atoms with Crippen LogP contribution in [-0.4, -0.2) is 23.2 Å².